The number of nitrogens with zero attached hydrogens (tertiary/aromatic N) is 2. The second kappa shape index (κ2) is 13.7. The van der Waals surface area contributed by atoms with Gasteiger partial charge in [0, 0.05) is 32.2 Å². The van der Waals surface area contributed by atoms with Gasteiger partial charge in [0.05, 0.1) is 21.0 Å². The Labute approximate surface area is 267 Å². The minimum absolute atomic E-state index is 0.0388. The lowest BCUT2D eigenvalue weighted by molar-refractivity contribution is -0.385. The van der Waals surface area contributed by atoms with Gasteiger partial charge in [-0.15, -0.1) is 0 Å². The third-order valence-corrected chi connectivity index (χ3v) is 9.78. The molecule has 43 heavy (non-hydrogen) atoms. The van der Waals surface area contributed by atoms with Gasteiger partial charge in [0.25, 0.3) is 11.4 Å². The topological polar surface area (TPSA) is 120 Å². The van der Waals surface area contributed by atoms with Crippen LogP contribution in [-0.4, -0.2) is 18.3 Å². The number of halogens is 4. The fourth-order valence-electron chi connectivity index (χ4n) is 4.37. The van der Waals surface area contributed by atoms with Gasteiger partial charge >= 0.3 is 0 Å². The Balaban J connectivity index is 1.95. The van der Waals surface area contributed by atoms with Gasteiger partial charge in [-0.05, 0) is 47.5 Å². The summed E-state index contributed by atoms with van der Waals surface area (Å²) in [7, 11) is -4.41. The highest BCUT2D eigenvalue weighted by Gasteiger charge is 2.36. The third-order valence-electron chi connectivity index (χ3n) is 6.41. The van der Waals surface area contributed by atoms with Gasteiger partial charge in [-0.1, -0.05) is 107 Å². The van der Waals surface area contributed by atoms with E-state index >= 15 is 0 Å². The summed E-state index contributed by atoms with van der Waals surface area (Å²) in [5, 5.41) is 20.9. The zero-order valence-electron chi connectivity index (χ0n) is 21.8. The third kappa shape index (κ3) is 7.44. The molecule has 4 aromatic carbocycles. The smallest absolute Gasteiger partial charge is 0.258 e. The SMILES string of the molecule is O=[N+]([O-])c1ccccc1/C=C/C(c1ccc(Cl)cc1Cl)S(=O)(=O)C(/C=C/c1ccccc1[N+](=O)[O-])c1ccc(Cl)cc1Cl. The molecule has 0 aliphatic heterocycles. The highest BCUT2D eigenvalue weighted by atomic mass is 35.5. The van der Waals surface area contributed by atoms with Gasteiger partial charge in [0.15, 0.2) is 9.84 Å². The fraction of sp³-hybridized carbons (Fsp3) is 0.0667. The first-order valence-electron chi connectivity index (χ1n) is 12.4. The minimum Gasteiger partial charge on any atom is -0.258 e. The van der Waals surface area contributed by atoms with Crippen LogP contribution in [0.2, 0.25) is 20.1 Å². The van der Waals surface area contributed by atoms with Gasteiger partial charge in [0.2, 0.25) is 0 Å². The summed E-state index contributed by atoms with van der Waals surface area (Å²) in [6, 6.07) is 20.3. The second-order valence-electron chi connectivity index (χ2n) is 9.11. The van der Waals surface area contributed by atoms with E-state index in [2.05, 4.69) is 0 Å². The standard InChI is InChI=1S/C30H20Cl4N2O6S/c31-21-11-13-23(25(33)17-21)29(15-9-19-5-1-3-7-27(19)35(37)38)43(41,42)30(24-14-12-22(32)18-26(24)34)16-10-20-6-2-4-8-28(20)36(39)40/h1-18,29-30H/b15-9+,16-10+. The van der Waals surface area contributed by atoms with Crippen LogP contribution in [-0.2, 0) is 9.84 Å². The van der Waals surface area contributed by atoms with Crippen LogP contribution < -0.4 is 0 Å². The summed E-state index contributed by atoms with van der Waals surface area (Å²) < 4.78 is 29.3. The van der Waals surface area contributed by atoms with E-state index in [9.17, 15) is 28.6 Å². The van der Waals surface area contributed by atoms with E-state index in [-0.39, 0.29) is 53.7 Å². The Hall–Kier alpha value is -3.73. The number of benzene rings is 4. The molecule has 0 fully saturated rings. The lowest BCUT2D eigenvalue weighted by Crippen LogP contribution is -2.19. The van der Waals surface area contributed by atoms with Crippen LogP contribution in [0.4, 0.5) is 11.4 Å². The van der Waals surface area contributed by atoms with E-state index in [0.717, 1.165) is 0 Å². The minimum atomic E-state index is -4.41. The molecular weight excluding hydrogens is 658 g/mol. The zero-order valence-corrected chi connectivity index (χ0v) is 25.7. The molecule has 13 heteroatoms. The summed E-state index contributed by atoms with van der Waals surface area (Å²) in [5.41, 5.74) is 0.158. The number of hydrogen-bond donors (Lipinski definition) is 0. The molecule has 0 heterocycles. The molecule has 0 bridgehead atoms. The van der Waals surface area contributed by atoms with Crippen molar-refractivity contribution in [1.82, 2.24) is 0 Å². The Morgan fingerprint density at radius 2 is 0.977 bits per heavy atom. The van der Waals surface area contributed by atoms with Crippen LogP contribution in [0.15, 0.2) is 97.1 Å². The molecular formula is C30H20Cl4N2O6S. The van der Waals surface area contributed by atoms with Crippen molar-refractivity contribution in [3.05, 3.63) is 160 Å². The number of nitro benzene ring substituents is 2. The van der Waals surface area contributed by atoms with E-state index in [4.69, 9.17) is 46.4 Å². The molecule has 0 aliphatic carbocycles. The van der Waals surface area contributed by atoms with Crippen LogP contribution >= 0.6 is 46.4 Å². The second-order valence-corrected chi connectivity index (χ2v) is 13.0. The highest BCUT2D eigenvalue weighted by molar-refractivity contribution is 7.92. The Bertz CT molecular complexity index is 1750. The largest absolute Gasteiger partial charge is 0.276 e. The molecule has 0 spiro atoms. The lowest BCUT2D eigenvalue weighted by atomic mass is 10.1. The Kier molecular flexibility index (Phi) is 10.3. The summed E-state index contributed by atoms with van der Waals surface area (Å²) in [4.78, 5) is 22.1. The average molecular weight is 678 g/mol. The van der Waals surface area contributed by atoms with Crippen LogP contribution in [0.3, 0.4) is 0 Å². The molecule has 0 aliphatic rings. The first kappa shape index (κ1) is 32.2. The fourth-order valence-corrected chi connectivity index (χ4v) is 7.59. The molecule has 4 rings (SSSR count). The maximum Gasteiger partial charge on any atom is 0.276 e. The number of hydrogen-bond acceptors (Lipinski definition) is 6. The molecule has 2 unspecified atom stereocenters. The van der Waals surface area contributed by atoms with Crippen molar-refractivity contribution >= 4 is 79.8 Å². The van der Waals surface area contributed by atoms with Crippen LogP contribution in [0, 0.1) is 20.2 Å². The summed E-state index contributed by atoms with van der Waals surface area (Å²) in [6.45, 7) is 0. The maximum absolute atomic E-state index is 14.6. The van der Waals surface area contributed by atoms with Crippen molar-refractivity contribution in [3.8, 4) is 0 Å². The van der Waals surface area contributed by atoms with Crippen molar-refractivity contribution < 1.29 is 18.3 Å². The van der Waals surface area contributed by atoms with Crippen LogP contribution in [0.5, 0.6) is 0 Å². The predicted molar refractivity (Wildman–Crippen MR) is 172 cm³/mol. The van der Waals surface area contributed by atoms with Gasteiger partial charge < -0.3 is 0 Å². The van der Waals surface area contributed by atoms with E-state index in [1.165, 1.54) is 97.1 Å². The quantitative estimate of drug-likeness (QED) is 0.122. The van der Waals surface area contributed by atoms with Gasteiger partial charge in [0.1, 0.15) is 10.5 Å². The first-order chi connectivity index (χ1) is 20.4. The molecule has 0 aromatic heterocycles. The van der Waals surface area contributed by atoms with Gasteiger partial charge in [-0.25, -0.2) is 8.42 Å². The van der Waals surface area contributed by atoms with Crippen LogP contribution in [0.1, 0.15) is 32.8 Å². The van der Waals surface area contributed by atoms with Crippen molar-refractivity contribution in [1.29, 1.82) is 0 Å². The molecule has 220 valence electrons. The number of nitro groups is 2. The van der Waals surface area contributed by atoms with Crippen LogP contribution in [0.25, 0.3) is 12.2 Å². The van der Waals surface area contributed by atoms with Crippen molar-refractivity contribution in [2.24, 2.45) is 0 Å². The van der Waals surface area contributed by atoms with Crippen molar-refractivity contribution in [2.75, 3.05) is 0 Å². The van der Waals surface area contributed by atoms with Gasteiger partial charge in [-0.2, -0.15) is 0 Å². The molecule has 0 amide bonds. The normalized spacial score (nSPS) is 13.3. The number of rotatable bonds is 10. The number of para-hydroxylation sites is 2. The molecule has 4 aromatic rings. The lowest BCUT2D eigenvalue weighted by Gasteiger charge is -2.23. The first-order valence-corrected chi connectivity index (χ1v) is 15.5. The van der Waals surface area contributed by atoms with Crippen molar-refractivity contribution in [3.63, 3.8) is 0 Å². The molecule has 0 saturated carbocycles. The molecule has 0 radical (unpaired) electrons. The zero-order chi connectivity index (χ0) is 31.3. The summed E-state index contributed by atoms with van der Waals surface area (Å²) >= 11 is 25.2. The summed E-state index contributed by atoms with van der Waals surface area (Å²) in [6.07, 6.45) is 5.25. The highest BCUT2D eigenvalue weighted by Crippen LogP contribution is 2.43. The Morgan fingerprint density at radius 1 is 0.605 bits per heavy atom. The molecule has 8 nitrogen and oxygen atoms in total. The maximum atomic E-state index is 14.6. The average Bonchev–Trinajstić information content (AvgIpc) is 2.95. The molecule has 0 saturated heterocycles. The monoisotopic (exact) mass is 676 g/mol. The Morgan fingerprint density at radius 3 is 1.33 bits per heavy atom. The summed E-state index contributed by atoms with van der Waals surface area (Å²) in [5.74, 6) is 0. The molecule has 2 atom stereocenters. The van der Waals surface area contributed by atoms with E-state index in [1.54, 1.807) is 12.1 Å². The van der Waals surface area contributed by atoms with Crippen molar-refractivity contribution in [2.45, 2.75) is 10.5 Å². The van der Waals surface area contributed by atoms with Gasteiger partial charge in [-0.3, -0.25) is 20.2 Å². The van der Waals surface area contributed by atoms with E-state index in [0.29, 0.717) is 0 Å². The van der Waals surface area contributed by atoms with E-state index < -0.39 is 30.2 Å². The van der Waals surface area contributed by atoms with E-state index in [1.807, 2.05) is 0 Å². The molecule has 0 N–H and O–H groups in total. The predicted octanol–water partition coefficient (Wildman–Crippen LogP) is 9.74. The number of sulfone groups is 1.